The van der Waals surface area contributed by atoms with Gasteiger partial charge in [0.15, 0.2) is 0 Å². The molecule has 0 aromatic heterocycles. The molecule has 2 aromatic carbocycles. The number of nitrogens with one attached hydrogen (secondary N) is 1. The maximum atomic E-state index is 13.4. The molecule has 1 amide bonds. The van der Waals surface area contributed by atoms with Crippen molar-refractivity contribution in [1.29, 1.82) is 0 Å². The highest BCUT2D eigenvalue weighted by Crippen LogP contribution is 2.28. The smallest absolute Gasteiger partial charge is 0.339 e. The summed E-state index contributed by atoms with van der Waals surface area (Å²) >= 11 is 0. The van der Waals surface area contributed by atoms with Crippen LogP contribution >= 0.6 is 0 Å². The number of ether oxygens (including phenoxy) is 1. The zero-order valence-corrected chi connectivity index (χ0v) is 21.5. The maximum Gasteiger partial charge on any atom is 0.339 e. The van der Waals surface area contributed by atoms with Crippen molar-refractivity contribution in [2.75, 3.05) is 38.0 Å². The molecule has 2 aromatic rings. The number of piperidine rings is 1. The predicted octanol–water partition coefficient (Wildman–Crippen LogP) is 4.86. The Hall–Kier alpha value is -2.60. The number of esters is 1. The molecule has 6 nitrogen and oxygen atoms in total. The van der Waals surface area contributed by atoms with E-state index in [1.165, 1.54) is 19.3 Å². The van der Waals surface area contributed by atoms with Crippen LogP contribution in [0.15, 0.2) is 36.4 Å². The second-order valence-corrected chi connectivity index (χ2v) is 10.1. The first kappa shape index (κ1) is 26.0. The summed E-state index contributed by atoms with van der Waals surface area (Å²) in [7, 11) is 0. The van der Waals surface area contributed by atoms with Crippen LogP contribution in [0.4, 0.5) is 5.69 Å². The van der Waals surface area contributed by atoms with Crippen LogP contribution in [0.3, 0.4) is 0 Å². The quantitative estimate of drug-likeness (QED) is 0.422. The van der Waals surface area contributed by atoms with Gasteiger partial charge in [-0.2, -0.15) is 0 Å². The lowest BCUT2D eigenvalue weighted by Crippen LogP contribution is -2.49. The van der Waals surface area contributed by atoms with Gasteiger partial charge in [0.05, 0.1) is 0 Å². The first-order chi connectivity index (χ1) is 16.2. The topological polar surface area (TPSA) is 61.9 Å². The zero-order valence-electron chi connectivity index (χ0n) is 21.5. The van der Waals surface area contributed by atoms with Crippen molar-refractivity contribution in [3.63, 3.8) is 0 Å². The molecule has 1 N–H and O–H groups in total. The first-order valence-electron chi connectivity index (χ1n) is 12.7. The van der Waals surface area contributed by atoms with Crippen molar-refractivity contribution < 1.29 is 14.3 Å². The number of hydrogen-bond donors (Lipinski definition) is 1. The Bertz CT molecular complexity index is 973. The summed E-state index contributed by atoms with van der Waals surface area (Å²) < 4.78 is 5.66. The van der Waals surface area contributed by atoms with E-state index in [4.69, 9.17) is 4.74 Å². The molecule has 1 heterocycles. The molecule has 6 heteroatoms. The lowest BCUT2D eigenvalue weighted by Gasteiger charge is -2.30. The van der Waals surface area contributed by atoms with E-state index in [-0.39, 0.29) is 5.91 Å². The molecule has 0 radical (unpaired) electrons. The summed E-state index contributed by atoms with van der Waals surface area (Å²) in [6.07, 6.45) is 4.66. The Balaban J connectivity index is 1.95. The van der Waals surface area contributed by atoms with E-state index >= 15 is 0 Å². The molecule has 0 aliphatic carbocycles. The zero-order chi connectivity index (χ0) is 24.7. The number of carbonyl (C=O) groups is 2. The Kier molecular flexibility index (Phi) is 8.95. The molecular formula is C28H41N3O3. The van der Waals surface area contributed by atoms with Gasteiger partial charge in [0.25, 0.3) is 5.91 Å². The monoisotopic (exact) mass is 467 g/mol. The highest BCUT2D eigenvalue weighted by molar-refractivity contribution is 6.05. The number of carbonyl (C=O) groups excluding carboxylic acids is 2. The van der Waals surface area contributed by atoms with Crippen molar-refractivity contribution in [2.24, 2.45) is 0 Å². The molecule has 1 saturated heterocycles. The normalized spacial score (nSPS) is 15.7. The standard InChI is InChI=1S/C28H41N3O3/c1-6-31(7-2)26(32)25(27(33)34-28(3,4)5)29-24-16-15-21-13-9-10-14-22(21)23(24)17-20-30-18-11-8-12-19-30/h9-10,13-16,25,29H,6-8,11-12,17-20H2,1-5H3. The summed E-state index contributed by atoms with van der Waals surface area (Å²) in [6.45, 7) is 13.6. The van der Waals surface area contributed by atoms with Crippen LogP contribution in [0.25, 0.3) is 10.8 Å². The lowest BCUT2D eigenvalue weighted by molar-refractivity contribution is -0.159. The van der Waals surface area contributed by atoms with Gasteiger partial charge in [-0.05, 0) is 89.4 Å². The number of hydrogen-bond acceptors (Lipinski definition) is 5. The van der Waals surface area contributed by atoms with Gasteiger partial charge in [0.1, 0.15) is 5.60 Å². The average Bonchev–Trinajstić information content (AvgIpc) is 2.81. The highest BCUT2D eigenvalue weighted by atomic mass is 16.6. The van der Waals surface area contributed by atoms with Crippen LogP contribution in [-0.4, -0.2) is 66.0 Å². The lowest BCUT2D eigenvalue weighted by atomic mass is 9.98. The minimum atomic E-state index is -1.09. The third kappa shape index (κ3) is 6.72. The minimum absolute atomic E-state index is 0.255. The fourth-order valence-corrected chi connectivity index (χ4v) is 4.65. The van der Waals surface area contributed by atoms with Gasteiger partial charge >= 0.3 is 5.97 Å². The number of benzene rings is 2. The van der Waals surface area contributed by atoms with Gasteiger partial charge in [-0.15, -0.1) is 0 Å². The van der Waals surface area contributed by atoms with Crippen molar-refractivity contribution >= 4 is 28.3 Å². The van der Waals surface area contributed by atoms with Crippen LogP contribution in [0, 0.1) is 0 Å². The predicted molar refractivity (Wildman–Crippen MR) is 139 cm³/mol. The van der Waals surface area contributed by atoms with Crippen LogP contribution in [0.2, 0.25) is 0 Å². The van der Waals surface area contributed by atoms with Crippen molar-refractivity contribution in [1.82, 2.24) is 9.80 Å². The van der Waals surface area contributed by atoms with Gasteiger partial charge < -0.3 is 19.9 Å². The largest absolute Gasteiger partial charge is 0.458 e. The molecule has 34 heavy (non-hydrogen) atoms. The molecular weight excluding hydrogens is 426 g/mol. The van der Waals surface area contributed by atoms with Crippen molar-refractivity contribution in [3.8, 4) is 0 Å². The number of rotatable bonds is 9. The van der Waals surface area contributed by atoms with Gasteiger partial charge in [0, 0.05) is 25.3 Å². The fraction of sp³-hybridized carbons (Fsp3) is 0.571. The van der Waals surface area contributed by atoms with E-state index < -0.39 is 17.6 Å². The SMILES string of the molecule is CCN(CC)C(=O)C(Nc1ccc2ccccc2c1CCN1CCCCC1)C(=O)OC(C)(C)C. The molecule has 1 aliphatic rings. The van der Waals surface area contributed by atoms with Crippen LogP contribution in [-0.2, 0) is 20.7 Å². The Morgan fingerprint density at radius 1 is 1.03 bits per heavy atom. The highest BCUT2D eigenvalue weighted by Gasteiger charge is 2.34. The van der Waals surface area contributed by atoms with Gasteiger partial charge in [0.2, 0.25) is 6.04 Å². The Morgan fingerprint density at radius 2 is 1.71 bits per heavy atom. The van der Waals surface area contributed by atoms with Gasteiger partial charge in [-0.25, -0.2) is 4.79 Å². The number of anilines is 1. The number of amides is 1. The van der Waals surface area contributed by atoms with Gasteiger partial charge in [-0.3, -0.25) is 4.79 Å². The Labute approximate surface area is 204 Å². The van der Waals surface area contributed by atoms with E-state index in [0.717, 1.165) is 48.1 Å². The number of likely N-dealkylation sites (N-methyl/N-ethyl adjacent to an activating group) is 1. The number of nitrogens with zero attached hydrogens (tertiary/aromatic N) is 2. The van der Waals surface area contributed by atoms with E-state index in [2.05, 4.69) is 28.4 Å². The molecule has 0 spiro atoms. The molecule has 1 atom stereocenters. The van der Waals surface area contributed by atoms with Gasteiger partial charge in [-0.1, -0.05) is 36.8 Å². The minimum Gasteiger partial charge on any atom is -0.458 e. The Morgan fingerprint density at radius 3 is 2.35 bits per heavy atom. The third-order valence-electron chi connectivity index (χ3n) is 6.43. The van der Waals surface area contributed by atoms with Crippen LogP contribution < -0.4 is 5.32 Å². The summed E-state index contributed by atoms with van der Waals surface area (Å²) in [5, 5.41) is 5.63. The van der Waals surface area contributed by atoms with Crippen LogP contribution in [0.1, 0.15) is 59.4 Å². The summed E-state index contributed by atoms with van der Waals surface area (Å²) in [5.74, 6) is -0.797. The van der Waals surface area contributed by atoms with E-state index in [1.807, 2.05) is 52.8 Å². The molecule has 1 unspecified atom stereocenters. The molecule has 3 rings (SSSR count). The van der Waals surface area contributed by atoms with Crippen molar-refractivity contribution in [3.05, 3.63) is 42.0 Å². The van der Waals surface area contributed by atoms with E-state index in [1.54, 1.807) is 4.90 Å². The average molecular weight is 468 g/mol. The first-order valence-corrected chi connectivity index (χ1v) is 12.7. The summed E-state index contributed by atoms with van der Waals surface area (Å²) in [6, 6.07) is 11.3. The van der Waals surface area contributed by atoms with E-state index in [9.17, 15) is 9.59 Å². The second-order valence-electron chi connectivity index (χ2n) is 10.1. The molecule has 0 saturated carbocycles. The summed E-state index contributed by atoms with van der Waals surface area (Å²) in [5.41, 5.74) is 1.29. The maximum absolute atomic E-state index is 13.4. The fourth-order valence-electron chi connectivity index (χ4n) is 4.65. The van der Waals surface area contributed by atoms with Crippen LogP contribution in [0.5, 0.6) is 0 Å². The molecule has 186 valence electrons. The van der Waals surface area contributed by atoms with Crippen molar-refractivity contribution in [2.45, 2.75) is 71.9 Å². The molecule has 1 aliphatic heterocycles. The van der Waals surface area contributed by atoms with E-state index in [0.29, 0.717) is 13.1 Å². The molecule has 1 fully saturated rings. The second kappa shape index (κ2) is 11.7. The molecule has 0 bridgehead atoms. The number of fused-ring (bicyclic) bond motifs is 1. The number of likely N-dealkylation sites (tertiary alicyclic amines) is 1. The third-order valence-corrected chi connectivity index (χ3v) is 6.43. The summed E-state index contributed by atoms with van der Waals surface area (Å²) in [4.78, 5) is 30.7.